The van der Waals surface area contributed by atoms with Gasteiger partial charge in [0.05, 0.1) is 17.9 Å². The van der Waals surface area contributed by atoms with Gasteiger partial charge < -0.3 is 5.32 Å². The van der Waals surface area contributed by atoms with Crippen LogP contribution in [0.3, 0.4) is 0 Å². The molecule has 1 aromatic carbocycles. The summed E-state index contributed by atoms with van der Waals surface area (Å²) in [6.45, 7) is 0.508. The second-order valence-corrected chi connectivity index (χ2v) is 4.37. The lowest BCUT2D eigenvalue weighted by atomic mass is 10.3. The van der Waals surface area contributed by atoms with Gasteiger partial charge in [-0.05, 0) is 24.3 Å². The molecule has 2 aromatic rings. The van der Waals surface area contributed by atoms with E-state index >= 15 is 0 Å². The molecule has 16 heavy (non-hydrogen) atoms. The van der Waals surface area contributed by atoms with Crippen molar-refractivity contribution >= 4 is 21.6 Å². The van der Waals surface area contributed by atoms with Crippen molar-refractivity contribution in [2.24, 2.45) is 7.05 Å². The third-order valence-corrected chi connectivity index (χ3v) is 2.65. The second-order valence-electron chi connectivity index (χ2n) is 3.46. The third kappa shape index (κ3) is 2.61. The van der Waals surface area contributed by atoms with Crippen molar-refractivity contribution in [3.63, 3.8) is 0 Å². The number of halogens is 2. The molecule has 0 radical (unpaired) electrons. The Bertz CT molecular complexity index is 496. The fourth-order valence-electron chi connectivity index (χ4n) is 1.38. The van der Waals surface area contributed by atoms with Gasteiger partial charge in [-0.15, -0.1) is 0 Å². The molecule has 84 valence electrons. The lowest BCUT2D eigenvalue weighted by Gasteiger charge is -2.06. The van der Waals surface area contributed by atoms with E-state index in [9.17, 15) is 4.39 Å². The molecule has 5 heteroatoms. The standard InChI is InChI=1S/C11H11BrFN3/c1-16-5-4-9(15-16)7-14-11-6-8(12)2-3-10(11)13/h2-6,14H,7H2,1H3. The first kappa shape index (κ1) is 11.1. The van der Waals surface area contributed by atoms with Crippen LogP contribution in [0.1, 0.15) is 5.69 Å². The zero-order valence-corrected chi connectivity index (χ0v) is 10.3. The summed E-state index contributed by atoms with van der Waals surface area (Å²) in [5.74, 6) is -0.265. The van der Waals surface area contributed by atoms with Crippen LogP contribution in [0.25, 0.3) is 0 Å². The van der Waals surface area contributed by atoms with E-state index in [-0.39, 0.29) is 5.82 Å². The summed E-state index contributed by atoms with van der Waals surface area (Å²) < 4.78 is 15.9. The molecule has 0 saturated heterocycles. The molecule has 1 aromatic heterocycles. The summed E-state index contributed by atoms with van der Waals surface area (Å²) >= 11 is 3.30. The van der Waals surface area contributed by atoms with Crippen molar-refractivity contribution in [1.82, 2.24) is 9.78 Å². The highest BCUT2D eigenvalue weighted by atomic mass is 79.9. The van der Waals surface area contributed by atoms with Crippen LogP contribution >= 0.6 is 15.9 Å². The Morgan fingerprint density at radius 1 is 1.44 bits per heavy atom. The van der Waals surface area contributed by atoms with E-state index in [0.717, 1.165) is 10.2 Å². The van der Waals surface area contributed by atoms with Crippen LogP contribution in [0.5, 0.6) is 0 Å². The monoisotopic (exact) mass is 283 g/mol. The maximum absolute atomic E-state index is 13.4. The Hall–Kier alpha value is -1.36. The lowest BCUT2D eigenvalue weighted by Crippen LogP contribution is -2.02. The molecular formula is C11H11BrFN3. The molecule has 0 aliphatic carbocycles. The predicted octanol–water partition coefficient (Wildman–Crippen LogP) is 2.93. The van der Waals surface area contributed by atoms with E-state index in [1.165, 1.54) is 6.07 Å². The normalized spacial score (nSPS) is 10.4. The summed E-state index contributed by atoms with van der Waals surface area (Å²) in [7, 11) is 1.85. The molecule has 0 fully saturated rings. The number of benzene rings is 1. The lowest BCUT2D eigenvalue weighted by molar-refractivity contribution is 0.629. The Morgan fingerprint density at radius 3 is 2.94 bits per heavy atom. The molecule has 3 nitrogen and oxygen atoms in total. The van der Waals surface area contributed by atoms with Crippen molar-refractivity contribution in [2.75, 3.05) is 5.32 Å². The largest absolute Gasteiger partial charge is 0.377 e. The van der Waals surface area contributed by atoms with Gasteiger partial charge in [0.25, 0.3) is 0 Å². The molecular weight excluding hydrogens is 273 g/mol. The average Bonchev–Trinajstić information content (AvgIpc) is 2.66. The van der Waals surface area contributed by atoms with Crippen molar-refractivity contribution in [1.29, 1.82) is 0 Å². The Morgan fingerprint density at radius 2 is 2.25 bits per heavy atom. The number of aryl methyl sites for hydroxylation is 1. The van der Waals surface area contributed by atoms with Gasteiger partial charge in [-0.25, -0.2) is 4.39 Å². The first-order valence-corrected chi connectivity index (χ1v) is 5.62. The van der Waals surface area contributed by atoms with E-state index in [1.807, 2.05) is 19.3 Å². The van der Waals surface area contributed by atoms with Crippen LogP contribution < -0.4 is 5.32 Å². The number of aromatic nitrogens is 2. The Labute approximate surface area is 101 Å². The van der Waals surface area contributed by atoms with Crippen LogP contribution in [0, 0.1) is 5.82 Å². The number of nitrogens with one attached hydrogen (secondary N) is 1. The van der Waals surface area contributed by atoms with Gasteiger partial charge in [0, 0.05) is 17.7 Å². The van der Waals surface area contributed by atoms with E-state index in [2.05, 4.69) is 26.3 Å². The molecule has 0 unspecified atom stereocenters. The van der Waals surface area contributed by atoms with Gasteiger partial charge in [-0.2, -0.15) is 5.10 Å². The fourth-order valence-corrected chi connectivity index (χ4v) is 1.74. The Balaban J connectivity index is 2.07. The third-order valence-electron chi connectivity index (χ3n) is 2.16. The molecule has 0 saturated carbocycles. The molecule has 0 aliphatic rings. The van der Waals surface area contributed by atoms with Crippen molar-refractivity contribution in [2.45, 2.75) is 6.54 Å². The molecule has 0 aliphatic heterocycles. The molecule has 1 heterocycles. The van der Waals surface area contributed by atoms with Gasteiger partial charge in [0.2, 0.25) is 0 Å². The summed E-state index contributed by atoms with van der Waals surface area (Å²) in [6.07, 6.45) is 1.86. The highest BCUT2D eigenvalue weighted by molar-refractivity contribution is 9.10. The van der Waals surface area contributed by atoms with Crippen molar-refractivity contribution < 1.29 is 4.39 Å². The highest BCUT2D eigenvalue weighted by Gasteiger charge is 2.03. The zero-order valence-electron chi connectivity index (χ0n) is 8.74. The minimum Gasteiger partial charge on any atom is -0.377 e. The second kappa shape index (κ2) is 4.65. The molecule has 2 rings (SSSR count). The number of hydrogen-bond donors (Lipinski definition) is 1. The quantitative estimate of drug-likeness (QED) is 0.939. The minimum atomic E-state index is -0.265. The number of nitrogens with zero attached hydrogens (tertiary/aromatic N) is 2. The van der Waals surface area contributed by atoms with Crippen LogP contribution in [0.15, 0.2) is 34.9 Å². The van der Waals surface area contributed by atoms with E-state index in [1.54, 1.807) is 16.8 Å². The fraction of sp³-hybridized carbons (Fsp3) is 0.182. The molecule has 0 bridgehead atoms. The molecule has 1 N–H and O–H groups in total. The topological polar surface area (TPSA) is 29.9 Å². The van der Waals surface area contributed by atoms with Crippen LogP contribution in [0.2, 0.25) is 0 Å². The average molecular weight is 284 g/mol. The van der Waals surface area contributed by atoms with Gasteiger partial charge in [-0.3, -0.25) is 4.68 Å². The van der Waals surface area contributed by atoms with Crippen molar-refractivity contribution in [3.05, 3.63) is 46.4 Å². The number of anilines is 1. The molecule has 0 spiro atoms. The molecule has 0 amide bonds. The molecule has 0 atom stereocenters. The predicted molar refractivity (Wildman–Crippen MR) is 64.6 cm³/mol. The minimum absolute atomic E-state index is 0.265. The Kier molecular flexibility index (Phi) is 3.24. The number of hydrogen-bond acceptors (Lipinski definition) is 2. The highest BCUT2D eigenvalue weighted by Crippen LogP contribution is 2.20. The first-order valence-electron chi connectivity index (χ1n) is 4.82. The van der Waals surface area contributed by atoms with Crippen LogP contribution in [-0.4, -0.2) is 9.78 Å². The van der Waals surface area contributed by atoms with Gasteiger partial charge in [-0.1, -0.05) is 15.9 Å². The SMILES string of the molecule is Cn1ccc(CNc2cc(Br)ccc2F)n1. The van der Waals surface area contributed by atoms with E-state index in [0.29, 0.717) is 12.2 Å². The summed E-state index contributed by atoms with van der Waals surface area (Å²) in [5.41, 5.74) is 1.35. The van der Waals surface area contributed by atoms with Gasteiger partial charge in [0.1, 0.15) is 5.82 Å². The first-order chi connectivity index (χ1) is 7.65. The van der Waals surface area contributed by atoms with Crippen LogP contribution in [0.4, 0.5) is 10.1 Å². The zero-order chi connectivity index (χ0) is 11.5. The number of rotatable bonds is 3. The van der Waals surface area contributed by atoms with E-state index < -0.39 is 0 Å². The maximum atomic E-state index is 13.4. The smallest absolute Gasteiger partial charge is 0.146 e. The van der Waals surface area contributed by atoms with Gasteiger partial charge in [0.15, 0.2) is 0 Å². The summed E-state index contributed by atoms with van der Waals surface area (Å²) in [6, 6.07) is 6.69. The summed E-state index contributed by atoms with van der Waals surface area (Å²) in [5, 5.41) is 7.20. The van der Waals surface area contributed by atoms with E-state index in [4.69, 9.17) is 0 Å². The van der Waals surface area contributed by atoms with Gasteiger partial charge >= 0.3 is 0 Å². The maximum Gasteiger partial charge on any atom is 0.146 e. The van der Waals surface area contributed by atoms with Crippen molar-refractivity contribution in [3.8, 4) is 0 Å². The van der Waals surface area contributed by atoms with Crippen LogP contribution in [-0.2, 0) is 13.6 Å². The summed E-state index contributed by atoms with van der Waals surface area (Å²) in [4.78, 5) is 0.